The van der Waals surface area contributed by atoms with Gasteiger partial charge in [-0.15, -0.1) is 0 Å². The van der Waals surface area contributed by atoms with E-state index >= 15 is 0 Å². The molecular formula is C20H26N2O. The quantitative estimate of drug-likeness (QED) is 0.862. The molecule has 0 aliphatic carbocycles. The fraction of sp³-hybridized carbons (Fsp3) is 0.400. The van der Waals surface area contributed by atoms with Crippen molar-refractivity contribution < 1.29 is 4.74 Å². The van der Waals surface area contributed by atoms with Crippen LogP contribution in [0.15, 0.2) is 36.4 Å². The molecule has 0 bridgehead atoms. The summed E-state index contributed by atoms with van der Waals surface area (Å²) >= 11 is 0. The van der Waals surface area contributed by atoms with Crippen molar-refractivity contribution in [3.63, 3.8) is 0 Å². The summed E-state index contributed by atoms with van der Waals surface area (Å²) in [7, 11) is 1.72. The number of ether oxygens (including phenoxy) is 1. The summed E-state index contributed by atoms with van der Waals surface area (Å²) in [5.41, 5.74) is 12.1. The molecule has 0 radical (unpaired) electrons. The number of methoxy groups -OCH3 is 1. The average molecular weight is 310 g/mol. The maximum atomic E-state index is 6.33. The van der Waals surface area contributed by atoms with Gasteiger partial charge in [-0.25, -0.2) is 0 Å². The Morgan fingerprint density at radius 2 is 1.83 bits per heavy atom. The van der Waals surface area contributed by atoms with E-state index in [0.717, 1.165) is 30.9 Å². The van der Waals surface area contributed by atoms with Gasteiger partial charge in [0.25, 0.3) is 0 Å². The predicted molar refractivity (Wildman–Crippen MR) is 97.5 cm³/mol. The second-order valence-corrected chi connectivity index (χ2v) is 6.43. The molecule has 0 amide bonds. The van der Waals surface area contributed by atoms with Crippen LogP contribution >= 0.6 is 0 Å². The lowest BCUT2D eigenvalue weighted by Gasteiger charge is -2.30. The number of rotatable bonds is 4. The standard InChI is InChI=1S/C20H26N2O/c1-15-6-9-20(23-2)17(12-15)13-16-7-8-19(18(21)14-16)22-10-4-3-5-11-22/h6-9,12,14H,3-5,10-11,13,21H2,1-2H3. The zero-order valence-corrected chi connectivity index (χ0v) is 14.1. The van der Waals surface area contributed by atoms with Crippen LogP contribution in [0.25, 0.3) is 0 Å². The number of nitrogens with zero attached hydrogens (tertiary/aromatic N) is 1. The van der Waals surface area contributed by atoms with E-state index in [0.29, 0.717) is 0 Å². The van der Waals surface area contributed by atoms with E-state index in [2.05, 4.69) is 42.2 Å². The molecular weight excluding hydrogens is 284 g/mol. The molecule has 0 saturated carbocycles. The van der Waals surface area contributed by atoms with E-state index in [-0.39, 0.29) is 0 Å². The molecule has 1 aliphatic rings. The molecule has 1 saturated heterocycles. The second kappa shape index (κ2) is 6.95. The summed E-state index contributed by atoms with van der Waals surface area (Å²) < 4.78 is 5.48. The Bertz CT molecular complexity index is 675. The van der Waals surface area contributed by atoms with Crippen molar-refractivity contribution >= 4 is 11.4 Å². The van der Waals surface area contributed by atoms with E-state index in [9.17, 15) is 0 Å². The van der Waals surface area contributed by atoms with Crippen LogP contribution in [0.5, 0.6) is 5.75 Å². The Balaban J connectivity index is 1.82. The van der Waals surface area contributed by atoms with Crippen molar-refractivity contribution in [2.45, 2.75) is 32.6 Å². The van der Waals surface area contributed by atoms with Crippen molar-refractivity contribution in [3.05, 3.63) is 53.1 Å². The highest BCUT2D eigenvalue weighted by atomic mass is 16.5. The SMILES string of the molecule is COc1ccc(C)cc1Cc1ccc(N2CCCCC2)c(N)c1. The lowest BCUT2D eigenvalue weighted by Crippen LogP contribution is -2.30. The first-order valence-corrected chi connectivity index (χ1v) is 8.44. The number of nitrogens with two attached hydrogens (primary N) is 1. The Kier molecular flexibility index (Phi) is 4.75. The largest absolute Gasteiger partial charge is 0.496 e. The van der Waals surface area contributed by atoms with Gasteiger partial charge < -0.3 is 15.4 Å². The molecule has 3 rings (SSSR count). The molecule has 0 unspecified atom stereocenters. The third kappa shape index (κ3) is 3.61. The van der Waals surface area contributed by atoms with Crippen LogP contribution in [-0.2, 0) is 6.42 Å². The number of hydrogen-bond acceptors (Lipinski definition) is 3. The number of aryl methyl sites for hydroxylation is 1. The van der Waals surface area contributed by atoms with Crippen LogP contribution in [0.3, 0.4) is 0 Å². The van der Waals surface area contributed by atoms with Gasteiger partial charge in [0.1, 0.15) is 5.75 Å². The lowest BCUT2D eigenvalue weighted by molar-refractivity contribution is 0.410. The molecule has 3 nitrogen and oxygen atoms in total. The number of piperidine rings is 1. The highest BCUT2D eigenvalue weighted by Crippen LogP contribution is 2.29. The highest BCUT2D eigenvalue weighted by Gasteiger charge is 2.14. The maximum absolute atomic E-state index is 6.33. The first-order valence-electron chi connectivity index (χ1n) is 8.44. The Morgan fingerprint density at radius 1 is 1.04 bits per heavy atom. The Labute approximate surface area is 139 Å². The number of nitrogen functional groups attached to an aromatic ring is 1. The van der Waals surface area contributed by atoms with Crippen molar-refractivity contribution in [2.24, 2.45) is 0 Å². The molecule has 23 heavy (non-hydrogen) atoms. The van der Waals surface area contributed by atoms with Crippen LogP contribution in [0, 0.1) is 6.92 Å². The summed E-state index contributed by atoms with van der Waals surface area (Å²) in [5, 5.41) is 0. The van der Waals surface area contributed by atoms with Crippen molar-refractivity contribution in [3.8, 4) is 5.75 Å². The van der Waals surface area contributed by atoms with E-state index in [1.807, 2.05) is 6.07 Å². The van der Waals surface area contributed by atoms with Gasteiger partial charge in [-0.3, -0.25) is 0 Å². The first kappa shape index (κ1) is 15.7. The average Bonchev–Trinajstić information content (AvgIpc) is 2.56. The molecule has 1 aliphatic heterocycles. The van der Waals surface area contributed by atoms with Gasteiger partial charge in [-0.2, -0.15) is 0 Å². The maximum Gasteiger partial charge on any atom is 0.122 e. The summed E-state index contributed by atoms with van der Waals surface area (Å²) in [6.45, 7) is 4.35. The van der Waals surface area contributed by atoms with E-state index in [1.165, 1.54) is 41.6 Å². The summed E-state index contributed by atoms with van der Waals surface area (Å²) in [6.07, 6.45) is 4.71. The van der Waals surface area contributed by atoms with Crippen LogP contribution in [-0.4, -0.2) is 20.2 Å². The number of anilines is 2. The molecule has 2 aromatic carbocycles. The topological polar surface area (TPSA) is 38.5 Å². The van der Waals surface area contributed by atoms with Crippen LogP contribution in [0.2, 0.25) is 0 Å². The Morgan fingerprint density at radius 3 is 2.52 bits per heavy atom. The summed E-state index contributed by atoms with van der Waals surface area (Å²) in [6, 6.07) is 12.8. The molecule has 2 N–H and O–H groups in total. The van der Waals surface area contributed by atoms with Crippen molar-refractivity contribution in [1.29, 1.82) is 0 Å². The Hall–Kier alpha value is -2.16. The molecule has 0 aromatic heterocycles. The zero-order valence-electron chi connectivity index (χ0n) is 14.1. The van der Waals surface area contributed by atoms with Gasteiger partial charge >= 0.3 is 0 Å². The van der Waals surface area contributed by atoms with E-state index < -0.39 is 0 Å². The monoisotopic (exact) mass is 310 g/mol. The van der Waals surface area contributed by atoms with Crippen LogP contribution in [0.1, 0.15) is 36.0 Å². The highest BCUT2D eigenvalue weighted by molar-refractivity contribution is 5.69. The van der Waals surface area contributed by atoms with E-state index in [1.54, 1.807) is 7.11 Å². The minimum atomic E-state index is 0.843. The molecule has 122 valence electrons. The van der Waals surface area contributed by atoms with Gasteiger partial charge in [-0.05, 0) is 55.5 Å². The molecule has 3 heteroatoms. The van der Waals surface area contributed by atoms with Crippen LogP contribution < -0.4 is 15.4 Å². The third-order valence-electron chi connectivity index (χ3n) is 4.62. The zero-order chi connectivity index (χ0) is 16.2. The lowest BCUT2D eigenvalue weighted by atomic mass is 10.0. The van der Waals surface area contributed by atoms with Gasteiger partial charge in [0, 0.05) is 19.5 Å². The van der Waals surface area contributed by atoms with E-state index in [4.69, 9.17) is 10.5 Å². The van der Waals surface area contributed by atoms with Gasteiger partial charge in [0.2, 0.25) is 0 Å². The minimum Gasteiger partial charge on any atom is -0.496 e. The van der Waals surface area contributed by atoms with Gasteiger partial charge in [0.05, 0.1) is 18.5 Å². The van der Waals surface area contributed by atoms with Crippen molar-refractivity contribution in [2.75, 3.05) is 30.8 Å². The fourth-order valence-corrected chi connectivity index (χ4v) is 3.40. The van der Waals surface area contributed by atoms with Crippen LogP contribution in [0.4, 0.5) is 11.4 Å². The minimum absolute atomic E-state index is 0.843. The molecule has 2 aromatic rings. The third-order valence-corrected chi connectivity index (χ3v) is 4.62. The van der Waals surface area contributed by atoms with Gasteiger partial charge in [0.15, 0.2) is 0 Å². The molecule has 0 atom stereocenters. The van der Waals surface area contributed by atoms with Gasteiger partial charge in [-0.1, -0.05) is 23.8 Å². The smallest absolute Gasteiger partial charge is 0.122 e. The summed E-state index contributed by atoms with van der Waals surface area (Å²) in [4.78, 5) is 2.41. The summed E-state index contributed by atoms with van der Waals surface area (Å²) in [5.74, 6) is 0.939. The second-order valence-electron chi connectivity index (χ2n) is 6.43. The molecule has 1 heterocycles. The molecule has 0 spiro atoms. The number of benzene rings is 2. The van der Waals surface area contributed by atoms with Crippen molar-refractivity contribution in [1.82, 2.24) is 0 Å². The fourth-order valence-electron chi connectivity index (χ4n) is 3.40. The predicted octanol–water partition coefficient (Wildman–Crippen LogP) is 4.17. The normalized spacial score (nSPS) is 14.8. The molecule has 1 fully saturated rings. The number of hydrogen-bond donors (Lipinski definition) is 1. The first-order chi connectivity index (χ1) is 11.2.